The molecule has 0 aliphatic heterocycles. The minimum absolute atomic E-state index is 0.187. The number of hydrogen-bond acceptors (Lipinski definition) is 6. The van der Waals surface area contributed by atoms with Gasteiger partial charge in [-0.2, -0.15) is 4.98 Å². The van der Waals surface area contributed by atoms with Crippen molar-refractivity contribution in [3.8, 4) is 17.2 Å². The molecule has 2 aromatic heterocycles. The van der Waals surface area contributed by atoms with E-state index in [0.717, 1.165) is 22.8 Å². The molecule has 0 saturated carbocycles. The Balaban J connectivity index is 1.78. The monoisotopic (exact) mass is 299 g/mol. The molecule has 3 rings (SSSR count). The highest BCUT2D eigenvalue weighted by atomic mass is 16.5. The molecule has 1 aromatic carbocycles. The van der Waals surface area contributed by atoms with Crippen LogP contribution in [0.25, 0.3) is 11.5 Å². The van der Waals surface area contributed by atoms with Crippen LogP contribution < -0.4 is 4.74 Å². The van der Waals surface area contributed by atoms with Crippen LogP contribution in [0.2, 0.25) is 0 Å². The van der Waals surface area contributed by atoms with E-state index in [4.69, 9.17) is 13.8 Å². The fraction of sp³-hybridized carbons (Fsp3) is 0.312. The lowest BCUT2D eigenvalue weighted by Crippen LogP contribution is -1.97. The Hall–Kier alpha value is -2.63. The van der Waals surface area contributed by atoms with E-state index in [1.165, 1.54) is 0 Å². The first kappa shape index (κ1) is 14.3. The van der Waals surface area contributed by atoms with E-state index in [1.807, 2.05) is 51.1 Å². The molecule has 0 atom stereocenters. The number of hydrogen-bond donors (Lipinski definition) is 0. The maximum atomic E-state index is 5.61. The van der Waals surface area contributed by atoms with Crippen LogP contribution in [0.15, 0.2) is 39.4 Å². The quantitative estimate of drug-likeness (QED) is 0.714. The van der Waals surface area contributed by atoms with Crippen LogP contribution in [-0.4, -0.2) is 15.3 Å². The maximum absolute atomic E-state index is 5.61. The minimum Gasteiger partial charge on any atom is -0.485 e. The van der Waals surface area contributed by atoms with Crippen molar-refractivity contribution in [2.45, 2.75) is 33.3 Å². The zero-order valence-corrected chi connectivity index (χ0v) is 12.7. The van der Waals surface area contributed by atoms with Crippen molar-refractivity contribution in [3.05, 3.63) is 47.6 Å². The van der Waals surface area contributed by atoms with Crippen LogP contribution >= 0.6 is 0 Å². The van der Waals surface area contributed by atoms with E-state index >= 15 is 0 Å². The zero-order valence-electron chi connectivity index (χ0n) is 12.7. The van der Waals surface area contributed by atoms with Crippen molar-refractivity contribution in [2.24, 2.45) is 0 Å². The molecule has 0 saturated heterocycles. The lowest BCUT2D eigenvalue weighted by Gasteiger charge is -2.01. The van der Waals surface area contributed by atoms with E-state index in [0.29, 0.717) is 11.7 Å². The summed E-state index contributed by atoms with van der Waals surface area (Å²) in [7, 11) is 0. The molecular formula is C16H17N3O3. The van der Waals surface area contributed by atoms with Crippen LogP contribution in [-0.2, 0) is 6.61 Å². The van der Waals surface area contributed by atoms with Crippen molar-refractivity contribution < 1.29 is 13.8 Å². The molecule has 0 N–H and O–H groups in total. The number of ether oxygens (including phenoxy) is 1. The summed E-state index contributed by atoms with van der Waals surface area (Å²) in [6.45, 7) is 6.16. The minimum atomic E-state index is 0.187. The molecule has 2 heterocycles. The van der Waals surface area contributed by atoms with Gasteiger partial charge in [0.2, 0.25) is 5.82 Å². The number of aromatic nitrogens is 3. The number of rotatable bonds is 5. The molecule has 0 aliphatic rings. The Morgan fingerprint density at radius 3 is 2.59 bits per heavy atom. The topological polar surface area (TPSA) is 74.2 Å². The molecule has 0 radical (unpaired) electrons. The van der Waals surface area contributed by atoms with E-state index in [9.17, 15) is 0 Å². The predicted octanol–water partition coefficient (Wildman–Crippen LogP) is 3.74. The van der Waals surface area contributed by atoms with E-state index in [2.05, 4.69) is 15.3 Å². The number of para-hydroxylation sites is 1. The molecule has 22 heavy (non-hydrogen) atoms. The first-order chi connectivity index (χ1) is 10.6. The normalized spacial score (nSPS) is 11.1. The van der Waals surface area contributed by atoms with Crippen LogP contribution in [0.3, 0.4) is 0 Å². The lowest BCUT2D eigenvalue weighted by molar-refractivity contribution is 0.287. The Labute approximate surface area is 128 Å². The Bertz CT molecular complexity index is 747. The highest BCUT2D eigenvalue weighted by Crippen LogP contribution is 2.31. The Morgan fingerprint density at radius 2 is 1.86 bits per heavy atom. The van der Waals surface area contributed by atoms with Crippen LogP contribution in [0, 0.1) is 6.92 Å². The third kappa shape index (κ3) is 2.86. The van der Waals surface area contributed by atoms with Gasteiger partial charge in [0.15, 0.2) is 12.4 Å². The molecule has 6 nitrogen and oxygen atoms in total. The summed E-state index contributed by atoms with van der Waals surface area (Å²) in [5.41, 5.74) is 1.51. The van der Waals surface area contributed by atoms with Crippen molar-refractivity contribution in [1.29, 1.82) is 0 Å². The van der Waals surface area contributed by atoms with Crippen molar-refractivity contribution >= 4 is 0 Å². The molecular weight excluding hydrogens is 282 g/mol. The highest BCUT2D eigenvalue weighted by Gasteiger charge is 2.23. The van der Waals surface area contributed by atoms with Gasteiger partial charge in [-0.25, -0.2) is 0 Å². The molecule has 0 fully saturated rings. The first-order valence-electron chi connectivity index (χ1n) is 7.12. The summed E-state index contributed by atoms with van der Waals surface area (Å²) in [5.74, 6) is 2.59. The van der Waals surface area contributed by atoms with Gasteiger partial charge in [-0.05, 0) is 19.1 Å². The average molecular weight is 299 g/mol. The van der Waals surface area contributed by atoms with E-state index in [-0.39, 0.29) is 12.5 Å². The average Bonchev–Trinajstić information content (AvgIpc) is 3.12. The van der Waals surface area contributed by atoms with Gasteiger partial charge >= 0.3 is 0 Å². The van der Waals surface area contributed by atoms with Crippen LogP contribution in [0.1, 0.15) is 37.0 Å². The van der Waals surface area contributed by atoms with Gasteiger partial charge in [0.05, 0.1) is 5.69 Å². The fourth-order valence-electron chi connectivity index (χ4n) is 2.12. The number of aryl methyl sites for hydroxylation is 1. The van der Waals surface area contributed by atoms with Gasteiger partial charge in [-0.15, -0.1) is 0 Å². The van der Waals surface area contributed by atoms with Crippen molar-refractivity contribution in [1.82, 2.24) is 15.3 Å². The highest BCUT2D eigenvalue weighted by molar-refractivity contribution is 5.59. The maximum Gasteiger partial charge on any atom is 0.263 e. The van der Waals surface area contributed by atoms with Gasteiger partial charge in [-0.3, -0.25) is 0 Å². The molecule has 0 spiro atoms. The summed E-state index contributed by atoms with van der Waals surface area (Å²) < 4.78 is 16.3. The van der Waals surface area contributed by atoms with E-state index in [1.54, 1.807) is 0 Å². The smallest absolute Gasteiger partial charge is 0.263 e. The lowest BCUT2D eigenvalue weighted by atomic mass is 10.1. The van der Waals surface area contributed by atoms with Gasteiger partial charge in [0, 0.05) is 5.92 Å². The molecule has 114 valence electrons. The zero-order chi connectivity index (χ0) is 15.5. The SMILES string of the molecule is Cc1noc(C(C)C)c1-c1nc(COc2ccccc2)no1. The predicted molar refractivity (Wildman–Crippen MR) is 79.4 cm³/mol. The standard InChI is InChI=1S/C16H17N3O3/c1-10(2)15-14(11(3)18-21-15)16-17-13(19-22-16)9-20-12-7-5-4-6-8-12/h4-8,10H,9H2,1-3H3. The second-order valence-corrected chi connectivity index (χ2v) is 5.28. The van der Waals surface area contributed by atoms with Crippen molar-refractivity contribution in [2.75, 3.05) is 0 Å². The summed E-state index contributed by atoms with van der Waals surface area (Å²) in [6, 6.07) is 9.50. The summed E-state index contributed by atoms with van der Waals surface area (Å²) in [4.78, 5) is 4.37. The van der Waals surface area contributed by atoms with Crippen LogP contribution in [0.5, 0.6) is 5.75 Å². The summed E-state index contributed by atoms with van der Waals surface area (Å²) >= 11 is 0. The molecule has 0 aliphatic carbocycles. The fourth-order valence-corrected chi connectivity index (χ4v) is 2.12. The third-order valence-corrected chi connectivity index (χ3v) is 3.21. The molecule has 0 amide bonds. The second kappa shape index (κ2) is 6.01. The largest absolute Gasteiger partial charge is 0.485 e. The van der Waals surface area contributed by atoms with Crippen LogP contribution in [0.4, 0.5) is 0 Å². The number of nitrogens with zero attached hydrogens (tertiary/aromatic N) is 3. The summed E-state index contributed by atoms with van der Waals surface area (Å²) in [6.07, 6.45) is 0. The van der Waals surface area contributed by atoms with Gasteiger partial charge in [0.1, 0.15) is 11.3 Å². The number of benzene rings is 1. The van der Waals surface area contributed by atoms with Gasteiger partial charge < -0.3 is 13.8 Å². The third-order valence-electron chi connectivity index (χ3n) is 3.21. The Morgan fingerprint density at radius 1 is 1.09 bits per heavy atom. The molecule has 0 bridgehead atoms. The Kier molecular flexibility index (Phi) is 3.91. The first-order valence-corrected chi connectivity index (χ1v) is 7.12. The summed E-state index contributed by atoms with van der Waals surface area (Å²) in [5, 5.41) is 7.93. The van der Waals surface area contributed by atoms with Gasteiger partial charge in [0.25, 0.3) is 5.89 Å². The van der Waals surface area contributed by atoms with Crippen molar-refractivity contribution in [3.63, 3.8) is 0 Å². The van der Waals surface area contributed by atoms with E-state index < -0.39 is 0 Å². The second-order valence-electron chi connectivity index (χ2n) is 5.28. The molecule has 3 aromatic rings. The molecule has 6 heteroatoms. The van der Waals surface area contributed by atoms with Gasteiger partial charge in [-0.1, -0.05) is 42.4 Å². The molecule has 0 unspecified atom stereocenters.